The normalized spacial score (nSPS) is 14.8. The van der Waals surface area contributed by atoms with Gasteiger partial charge in [0.1, 0.15) is 18.5 Å². The van der Waals surface area contributed by atoms with Crippen LogP contribution < -0.4 is 10.6 Å². The monoisotopic (exact) mass is 571 g/mol. The number of allylic oxidation sites excluding steroid dienone is 1. The average Bonchev–Trinajstić information content (AvgIpc) is 2.86. The van der Waals surface area contributed by atoms with E-state index in [0.29, 0.717) is 12.4 Å². The van der Waals surface area contributed by atoms with Crippen LogP contribution in [-0.2, 0) is 37.3 Å². The molecule has 0 heterocycles. The van der Waals surface area contributed by atoms with Crippen LogP contribution in [0.1, 0.15) is 57.9 Å². The Bertz CT molecular complexity index is 887. The van der Waals surface area contributed by atoms with E-state index in [1.807, 2.05) is 37.3 Å². The summed E-state index contributed by atoms with van der Waals surface area (Å²) in [5.41, 5.74) is 0.859. The number of hydrogen-bond donors (Lipinski definition) is 1. The molecule has 0 amide bonds. The highest BCUT2D eigenvalue weighted by Gasteiger charge is 2.28. The lowest BCUT2D eigenvalue weighted by Gasteiger charge is -2.23. The van der Waals surface area contributed by atoms with Crippen LogP contribution in [0.5, 0.6) is 5.75 Å². The van der Waals surface area contributed by atoms with E-state index in [-0.39, 0.29) is 13.2 Å². The zero-order valence-electron chi connectivity index (χ0n) is 20.2. The Labute approximate surface area is 211 Å². The lowest BCUT2D eigenvalue weighted by atomic mass is 10.1. The van der Waals surface area contributed by atoms with Crippen molar-refractivity contribution in [2.75, 3.05) is 25.8 Å². The van der Waals surface area contributed by atoms with Crippen molar-refractivity contribution in [1.29, 1.82) is 0 Å². The Hall–Kier alpha value is -0.730. The van der Waals surface area contributed by atoms with Crippen molar-refractivity contribution < 1.29 is 40.4 Å². The zero-order valence-corrected chi connectivity index (χ0v) is 23.8. The minimum Gasteiger partial charge on any atom is -0.490 e. The van der Waals surface area contributed by atoms with E-state index in [1.54, 1.807) is 6.07 Å². The second-order valence-corrected chi connectivity index (χ2v) is 15.9. The largest absolute Gasteiger partial charge is 0.490 e. The third-order valence-electron chi connectivity index (χ3n) is 4.58. The molecule has 3 unspecified atom stereocenters. The second-order valence-electron chi connectivity index (χ2n) is 7.45. The fourth-order valence-corrected chi connectivity index (χ4v) is 7.80. The van der Waals surface area contributed by atoms with Gasteiger partial charge in [-0.1, -0.05) is 69.4 Å². The Kier molecular flexibility index (Phi) is 17.9. The molecule has 0 spiro atoms. The van der Waals surface area contributed by atoms with Crippen LogP contribution in [0.2, 0.25) is 0 Å². The second kappa shape index (κ2) is 19.4. The quantitative estimate of drug-likeness (QED) is 0.105. The molecule has 0 aliphatic carbocycles. The lowest BCUT2D eigenvalue weighted by molar-refractivity contribution is 0.0254. The first-order valence-electron chi connectivity index (χ1n) is 11.4. The SMILES string of the molecule is CC=Cc1ccccc1OCC(COCCCCCCCC)OP(OCS(=O)(=O)ON)[PH](=O)P=O. The molecule has 0 bridgehead atoms. The Balaban J connectivity index is 2.81. The van der Waals surface area contributed by atoms with Crippen LogP contribution in [0.25, 0.3) is 6.08 Å². The summed E-state index contributed by atoms with van der Waals surface area (Å²) in [6.45, 7) is 4.67. The van der Waals surface area contributed by atoms with Gasteiger partial charge in [-0.05, 0) is 19.4 Å². The molecule has 35 heavy (non-hydrogen) atoms. The number of para-hydroxylation sites is 1. The van der Waals surface area contributed by atoms with Crippen molar-refractivity contribution >= 4 is 39.6 Å². The maximum Gasteiger partial charge on any atom is 0.307 e. The molecule has 14 heteroatoms. The summed E-state index contributed by atoms with van der Waals surface area (Å²) in [6, 6.07) is 7.40. The predicted octanol–water partition coefficient (Wildman–Crippen LogP) is 6.05. The van der Waals surface area contributed by atoms with Gasteiger partial charge in [0.05, 0.1) is 6.61 Å². The van der Waals surface area contributed by atoms with E-state index in [0.717, 1.165) is 24.8 Å². The molecule has 0 radical (unpaired) electrons. The van der Waals surface area contributed by atoms with Gasteiger partial charge in [0, 0.05) is 12.2 Å². The van der Waals surface area contributed by atoms with Crippen molar-refractivity contribution in [1.82, 2.24) is 0 Å². The highest BCUT2D eigenvalue weighted by Crippen LogP contribution is 2.69. The summed E-state index contributed by atoms with van der Waals surface area (Å²) in [5, 5.41) is 0. The fraction of sp³-hybridized carbons (Fsp3) is 0.619. The van der Waals surface area contributed by atoms with Gasteiger partial charge in [0.15, 0.2) is 5.94 Å². The number of nitrogens with two attached hydrogens (primary N) is 1. The van der Waals surface area contributed by atoms with Crippen LogP contribution >= 0.6 is 23.4 Å². The zero-order chi connectivity index (χ0) is 25.9. The molecule has 1 aromatic rings. The van der Waals surface area contributed by atoms with Crippen molar-refractivity contribution in [2.24, 2.45) is 5.90 Å². The minimum absolute atomic E-state index is 0.0122. The summed E-state index contributed by atoms with van der Waals surface area (Å²) in [5.74, 6) is 4.32. The van der Waals surface area contributed by atoms with Crippen LogP contribution in [0.4, 0.5) is 0 Å². The van der Waals surface area contributed by atoms with E-state index in [2.05, 4.69) is 11.2 Å². The molecule has 0 saturated carbocycles. The molecule has 0 aliphatic heterocycles. The van der Waals surface area contributed by atoms with Gasteiger partial charge in [0.25, 0.3) is 0 Å². The van der Waals surface area contributed by atoms with Gasteiger partial charge in [-0.2, -0.15) is 18.6 Å². The molecule has 0 aliphatic rings. The van der Waals surface area contributed by atoms with Crippen LogP contribution in [0.3, 0.4) is 0 Å². The van der Waals surface area contributed by atoms with Crippen LogP contribution in [-0.4, -0.2) is 40.3 Å². The van der Waals surface area contributed by atoms with Crippen molar-refractivity contribution in [3.8, 4) is 5.75 Å². The molecular formula is C21H36NO9P3S. The molecular weight excluding hydrogens is 535 g/mol. The molecule has 1 rings (SSSR count). The number of ether oxygens (including phenoxy) is 2. The minimum atomic E-state index is -4.20. The maximum absolute atomic E-state index is 12.2. The van der Waals surface area contributed by atoms with Crippen LogP contribution in [0, 0.1) is 0 Å². The van der Waals surface area contributed by atoms with Gasteiger partial charge in [-0.3, -0.25) is 4.57 Å². The Morgan fingerprint density at radius 3 is 2.54 bits per heavy atom. The van der Waals surface area contributed by atoms with E-state index in [4.69, 9.17) is 24.4 Å². The number of hydrogen-bond acceptors (Lipinski definition) is 10. The van der Waals surface area contributed by atoms with Gasteiger partial charge >= 0.3 is 10.1 Å². The van der Waals surface area contributed by atoms with E-state index in [1.165, 1.54) is 19.3 Å². The van der Waals surface area contributed by atoms with E-state index in [9.17, 15) is 17.5 Å². The molecule has 10 nitrogen and oxygen atoms in total. The first-order valence-corrected chi connectivity index (χ1v) is 18.0. The summed E-state index contributed by atoms with van der Waals surface area (Å²) < 4.78 is 72.9. The van der Waals surface area contributed by atoms with Crippen LogP contribution in [0.15, 0.2) is 30.3 Å². The summed E-state index contributed by atoms with van der Waals surface area (Å²) in [6.07, 6.45) is 9.69. The number of unbranched alkanes of at least 4 members (excludes halogenated alkanes) is 5. The molecule has 200 valence electrons. The Morgan fingerprint density at radius 1 is 1.14 bits per heavy atom. The third-order valence-corrected chi connectivity index (χ3v) is 11.1. The lowest BCUT2D eigenvalue weighted by Crippen LogP contribution is -2.26. The van der Waals surface area contributed by atoms with Gasteiger partial charge < -0.3 is 23.1 Å². The first kappa shape index (κ1) is 32.3. The standard InChI is InChI=1S/C21H36NO9P3S/c1-3-5-6-7-8-11-15-27-16-20(17-28-21-14-10-9-13-19(21)12-4-2)30-34(33(24)32-23)29-18-35(25,26)31-22/h4,9-10,12-14,20,33H,3,5-8,11,15-18,22H2,1-2H3. The van der Waals surface area contributed by atoms with E-state index >= 15 is 0 Å². The average molecular weight is 572 g/mol. The third kappa shape index (κ3) is 14.6. The molecule has 1 aromatic carbocycles. The first-order chi connectivity index (χ1) is 16.9. The van der Waals surface area contributed by atoms with Gasteiger partial charge in [-0.15, -0.1) is 0 Å². The predicted molar refractivity (Wildman–Crippen MR) is 139 cm³/mol. The maximum atomic E-state index is 12.2. The molecule has 3 atom stereocenters. The number of rotatable bonds is 21. The molecule has 0 aromatic heterocycles. The Morgan fingerprint density at radius 2 is 1.86 bits per heavy atom. The van der Waals surface area contributed by atoms with Gasteiger partial charge in [0.2, 0.25) is 23.4 Å². The highest BCUT2D eigenvalue weighted by atomic mass is 32.4. The highest BCUT2D eigenvalue weighted by molar-refractivity contribution is 8.46. The molecule has 2 N–H and O–H groups in total. The topological polar surface area (TPSA) is 140 Å². The summed E-state index contributed by atoms with van der Waals surface area (Å²) in [4.78, 5) is 0. The van der Waals surface area contributed by atoms with Crippen molar-refractivity contribution in [2.45, 2.75) is 58.5 Å². The smallest absolute Gasteiger partial charge is 0.307 e. The van der Waals surface area contributed by atoms with E-state index < -0.39 is 45.6 Å². The fourth-order valence-electron chi connectivity index (χ4n) is 2.86. The van der Waals surface area contributed by atoms with Gasteiger partial charge in [-0.25, -0.2) is 0 Å². The molecule has 0 saturated heterocycles. The number of benzene rings is 1. The van der Waals surface area contributed by atoms with Crippen molar-refractivity contribution in [3.05, 3.63) is 35.9 Å². The summed E-state index contributed by atoms with van der Waals surface area (Å²) in [7, 11) is -10.2. The molecule has 0 fully saturated rings. The summed E-state index contributed by atoms with van der Waals surface area (Å²) >= 11 is 0. The van der Waals surface area contributed by atoms with Crippen molar-refractivity contribution in [3.63, 3.8) is 0 Å².